The van der Waals surface area contributed by atoms with E-state index in [4.69, 9.17) is 15.9 Å². The standard InChI is InChI=1S/C19H26N8O7S/c20-11(1-9-4-21-7-23-9)16(30)25-12(2-10-5-22-8-24-10)17(31)27-14(6-35)18(32)26-13(19(33)34)3-15(28)29/h4-5,7-8,11-14,35H,1-3,6,20H2,(H,21,23)(H,22,24)(H,25,30)(H,26,32)(H,27,31)(H,28,29)(H,33,34). The topological polar surface area (TPSA) is 245 Å². The Bertz CT molecular complexity index is 1010. The van der Waals surface area contributed by atoms with Gasteiger partial charge in [-0.1, -0.05) is 0 Å². The minimum absolute atomic E-state index is 0.0218. The summed E-state index contributed by atoms with van der Waals surface area (Å²) in [6.07, 6.45) is 5.02. The molecule has 2 heterocycles. The molecule has 15 nitrogen and oxygen atoms in total. The summed E-state index contributed by atoms with van der Waals surface area (Å²) in [7, 11) is 0. The van der Waals surface area contributed by atoms with E-state index in [1.165, 1.54) is 25.0 Å². The van der Waals surface area contributed by atoms with Crippen molar-refractivity contribution in [2.45, 2.75) is 43.4 Å². The van der Waals surface area contributed by atoms with Gasteiger partial charge in [-0.2, -0.15) is 12.6 Å². The summed E-state index contributed by atoms with van der Waals surface area (Å²) < 4.78 is 0. The molecule has 0 fully saturated rings. The number of aromatic amines is 2. The Labute approximate surface area is 204 Å². The second kappa shape index (κ2) is 13.1. The number of aromatic nitrogens is 4. The Kier molecular flexibility index (Phi) is 10.2. The normalized spacial score (nSPS) is 14.2. The molecule has 0 saturated heterocycles. The number of carboxylic acids is 2. The average Bonchev–Trinajstić information content (AvgIpc) is 3.50. The van der Waals surface area contributed by atoms with Crippen LogP contribution in [0, 0.1) is 0 Å². The molecule has 4 atom stereocenters. The van der Waals surface area contributed by atoms with Crippen LogP contribution in [0.15, 0.2) is 25.0 Å². The van der Waals surface area contributed by atoms with E-state index in [0.717, 1.165) is 0 Å². The second-order valence-electron chi connectivity index (χ2n) is 7.47. The SMILES string of the molecule is NC(Cc1cnc[nH]1)C(=O)NC(Cc1cnc[nH]1)C(=O)NC(CS)C(=O)NC(CC(=O)O)C(=O)O. The van der Waals surface area contributed by atoms with Crippen molar-refractivity contribution in [3.05, 3.63) is 36.4 Å². The van der Waals surface area contributed by atoms with E-state index in [9.17, 15) is 24.0 Å². The second-order valence-corrected chi connectivity index (χ2v) is 7.84. The van der Waals surface area contributed by atoms with E-state index in [2.05, 4.69) is 48.5 Å². The highest BCUT2D eigenvalue weighted by Gasteiger charge is 2.31. The lowest BCUT2D eigenvalue weighted by Crippen LogP contribution is -2.58. The number of amides is 3. The van der Waals surface area contributed by atoms with Crippen LogP contribution < -0.4 is 21.7 Å². The number of carbonyl (C=O) groups is 5. The molecule has 3 amide bonds. The van der Waals surface area contributed by atoms with Gasteiger partial charge in [-0.15, -0.1) is 0 Å². The molecular formula is C19H26N8O7S. The minimum Gasteiger partial charge on any atom is -0.481 e. The zero-order chi connectivity index (χ0) is 26.0. The Morgan fingerprint density at radius 3 is 1.86 bits per heavy atom. The number of nitrogens with zero attached hydrogens (tertiary/aromatic N) is 2. The molecule has 0 aliphatic heterocycles. The predicted octanol–water partition coefficient (Wildman–Crippen LogP) is -2.81. The zero-order valence-corrected chi connectivity index (χ0v) is 19.2. The fourth-order valence-electron chi connectivity index (χ4n) is 2.94. The first-order valence-corrected chi connectivity index (χ1v) is 10.9. The van der Waals surface area contributed by atoms with Crippen LogP contribution in [0.1, 0.15) is 17.8 Å². The Morgan fingerprint density at radius 2 is 1.37 bits per heavy atom. The summed E-state index contributed by atoms with van der Waals surface area (Å²) in [5.41, 5.74) is 7.06. The number of carboxylic acid groups (broad SMARTS) is 2. The molecule has 0 aliphatic carbocycles. The van der Waals surface area contributed by atoms with Gasteiger partial charge in [0.25, 0.3) is 0 Å². The van der Waals surface area contributed by atoms with Crippen molar-refractivity contribution in [3.63, 3.8) is 0 Å². The third kappa shape index (κ3) is 8.74. The number of nitrogens with one attached hydrogen (secondary N) is 5. The molecule has 0 bridgehead atoms. The highest BCUT2D eigenvalue weighted by Crippen LogP contribution is 2.04. The number of nitrogens with two attached hydrogens (primary N) is 1. The molecule has 35 heavy (non-hydrogen) atoms. The van der Waals surface area contributed by atoms with E-state index in [-0.39, 0.29) is 18.6 Å². The highest BCUT2D eigenvalue weighted by atomic mass is 32.1. The number of carbonyl (C=O) groups excluding carboxylic acids is 3. The van der Waals surface area contributed by atoms with Crippen molar-refractivity contribution in [1.29, 1.82) is 0 Å². The van der Waals surface area contributed by atoms with E-state index >= 15 is 0 Å². The quantitative estimate of drug-likeness (QED) is 0.118. The van der Waals surface area contributed by atoms with E-state index in [1.807, 2.05) is 0 Å². The van der Waals surface area contributed by atoms with Gasteiger partial charge in [0.2, 0.25) is 17.7 Å². The molecule has 9 N–H and O–H groups in total. The first-order chi connectivity index (χ1) is 16.6. The van der Waals surface area contributed by atoms with Crippen molar-refractivity contribution in [2.75, 3.05) is 5.75 Å². The van der Waals surface area contributed by atoms with E-state index in [1.54, 1.807) is 0 Å². The van der Waals surface area contributed by atoms with Gasteiger partial charge in [0.05, 0.1) is 25.1 Å². The van der Waals surface area contributed by atoms with Gasteiger partial charge < -0.3 is 41.9 Å². The van der Waals surface area contributed by atoms with Gasteiger partial charge in [-0.05, 0) is 0 Å². The maximum atomic E-state index is 13.0. The lowest BCUT2D eigenvalue weighted by Gasteiger charge is -2.24. The Morgan fingerprint density at radius 1 is 0.857 bits per heavy atom. The summed E-state index contributed by atoms with van der Waals surface area (Å²) in [5.74, 6) is -5.59. The molecule has 0 radical (unpaired) electrons. The van der Waals surface area contributed by atoms with Crippen molar-refractivity contribution >= 4 is 42.3 Å². The number of hydrogen-bond acceptors (Lipinski definition) is 9. The summed E-state index contributed by atoms with van der Waals surface area (Å²) in [6, 6.07) is -5.22. The number of thiol groups is 1. The third-order valence-electron chi connectivity index (χ3n) is 4.75. The first-order valence-electron chi connectivity index (χ1n) is 10.3. The maximum Gasteiger partial charge on any atom is 0.326 e. The number of imidazole rings is 2. The molecule has 0 aliphatic rings. The minimum atomic E-state index is -1.71. The van der Waals surface area contributed by atoms with Gasteiger partial charge >= 0.3 is 11.9 Å². The molecular weight excluding hydrogens is 484 g/mol. The van der Waals surface area contributed by atoms with Crippen LogP contribution >= 0.6 is 12.6 Å². The molecule has 0 saturated carbocycles. The van der Waals surface area contributed by atoms with Crippen LogP contribution in [0.2, 0.25) is 0 Å². The smallest absolute Gasteiger partial charge is 0.326 e. The average molecular weight is 511 g/mol. The lowest BCUT2D eigenvalue weighted by atomic mass is 10.1. The number of hydrogen-bond donors (Lipinski definition) is 9. The molecule has 0 spiro atoms. The van der Waals surface area contributed by atoms with Crippen LogP contribution in [0.4, 0.5) is 0 Å². The number of H-pyrrole nitrogens is 2. The van der Waals surface area contributed by atoms with Crippen molar-refractivity contribution in [1.82, 2.24) is 35.9 Å². The predicted molar refractivity (Wildman–Crippen MR) is 122 cm³/mol. The zero-order valence-electron chi connectivity index (χ0n) is 18.3. The molecule has 16 heteroatoms. The Hall–Kier alpha value is -3.92. The van der Waals surface area contributed by atoms with Crippen LogP contribution in [0.25, 0.3) is 0 Å². The fraction of sp³-hybridized carbons (Fsp3) is 0.421. The molecule has 2 rings (SSSR count). The van der Waals surface area contributed by atoms with E-state index in [0.29, 0.717) is 11.4 Å². The van der Waals surface area contributed by atoms with Crippen LogP contribution in [-0.2, 0) is 36.8 Å². The summed E-state index contributed by atoms with van der Waals surface area (Å²) in [4.78, 5) is 73.5. The largest absolute Gasteiger partial charge is 0.481 e. The number of rotatable bonds is 14. The van der Waals surface area contributed by atoms with Gasteiger partial charge in [0, 0.05) is 42.4 Å². The molecule has 190 valence electrons. The summed E-state index contributed by atoms with van der Waals surface area (Å²) >= 11 is 4.01. The van der Waals surface area contributed by atoms with Gasteiger partial charge in [-0.3, -0.25) is 19.2 Å². The monoisotopic (exact) mass is 510 g/mol. The number of aliphatic carboxylic acids is 2. The van der Waals surface area contributed by atoms with Crippen molar-refractivity contribution in [3.8, 4) is 0 Å². The van der Waals surface area contributed by atoms with E-state index < -0.39 is 60.2 Å². The Balaban J connectivity index is 2.09. The van der Waals surface area contributed by atoms with Gasteiger partial charge in [-0.25, -0.2) is 14.8 Å². The lowest BCUT2D eigenvalue weighted by molar-refractivity contribution is -0.147. The highest BCUT2D eigenvalue weighted by molar-refractivity contribution is 7.80. The van der Waals surface area contributed by atoms with Crippen LogP contribution in [0.3, 0.4) is 0 Å². The summed E-state index contributed by atoms with van der Waals surface area (Å²) in [5, 5.41) is 24.9. The molecule has 2 aromatic rings. The fourth-order valence-corrected chi connectivity index (χ4v) is 3.20. The molecule has 0 aromatic carbocycles. The third-order valence-corrected chi connectivity index (χ3v) is 5.12. The van der Waals surface area contributed by atoms with Crippen LogP contribution in [-0.4, -0.2) is 89.7 Å². The maximum absolute atomic E-state index is 13.0. The van der Waals surface area contributed by atoms with Gasteiger partial charge in [0.15, 0.2) is 0 Å². The summed E-state index contributed by atoms with van der Waals surface area (Å²) in [6.45, 7) is 0. The molecule has 4 unspecified atom stereocenters. The van der Waals surface area contributed by atoms with Gasteiger partial charge in [0.1, 0.15) is 18.1 Å². The van der Waals surface area contributed by atoms with Crippen LogP contribution in [0.5, 0.6) is 0 Å². The first kappa shape index (κ1) is 27.3. The van der Waals surface area contributed by atoms with Crippen molar-refractivity contribution < 1.29 is 34.2 Å². The van der Waals surface area contributed by atoms with Crippen molar-refractivity contribution in [2.24, 2.45) is 5.73 Å². The molecule has 2 aromatic heterocycles.